The number of carbonyl (C=O) groups excluding carboxylic acids is 1. The maximum atomic E-state index is 12.1. The standard InChI is InChI=1S/C14H21N3O3S/c1-2-21(19,20)13-6-4-3-5-12(13)16-14(18)11-17-9-7-15-8-10-17/h3-6,15H,2,7-11H2,1H3,(H,16,18). The normalized spacial score (nSPS) is 16.6. The Kier molecular flexibility index (Phi) is 5.33. The minimum atomic E-state index is -3.35. The second-order valence-corrected chi connectivity index (χ2v) is 7.22. The lowest BCUT2D eigenvalue weighted by atomic mass is 10.3. The number of amides is 1. The van der Waals surface area contributed by atoms with Crippen LogP contribution in [0.25, 0.3) is 0 Å². The van der Waals surface area contributed by atoms with Crippen molar-refractivity contribution >= 4 is 21.4 Å². The molecule has 0 atom stereocenters. The monoisotopic (exact) mass is 311 g/mol. The summed E-state index contributed by atoms with van der Waals surface area (Å²) in [6, 6.07) is 6.53. The molecule has 6 nitrogen and oxygen atoms in total. The van der Waals surface area contributed by atoms with Crippen molar-refractivity contribution in [1.29, 1.82) is 0 Å². The fraction of sp³-hybridized carbons (Fsp3) is 0.500. The first-order chi connectivity index (χ1) is 10.0. The number of carbonyl (C=O) groups is 1. The maximum Gasteiger partial charge on any atom is 0.238 e. The molecule has 2 N–H and O–H groups in total. The van der Waals surface area contributed by atoms with E-state index >= 15 is 0 Å². The van der Waals surface area contributed by atoms with Crippen molar-refractivity contribution < 1.29 is 13.2 Å². The van der Waals surface area contributed by atoms with E-state index < -0.39 is 9.84 Å². The molecule has 0 saturated carbocycles. The molecule has 0 radical (unpaired) electrons. The van der Waals surface area contributed by atoms with Gasteiger partial charge in [0.1, 0.15) is 0 Å². The van der Waals surface area contributed by atoms with Gasteiger partial charge in [-0.05, 0) is 12.1 Å². The number of rotatable bonds is 5. The van der Waals surface area contributed by atoms with Gasteiger partial charge in [-0.3, -0.25) is 9.69 Å². The largest absolute Gasteiger partial charge is 0.324 e. The Labute approximate surface area is 125 Å². The van der Waals surface area contributed by atoms with Gasteiger partial charge >= 0.3 is 0 Å². The zero-order valence-electron chi connectivity index (χ0n) is 12.1. The van der Waals surface area contributed by atoms with E-state index in [1.165, 1.54) is 6.07 Å². The third-order valence-electron chi connectivity index (χ3n) is 3.45. The molecule has 1 aromatic carbocycles. The Morgan fingerprint density at radius 3 is 2.62 bits per heavy atom. The summed E-state index contributed by atoms with van der Waals surface area (Å²) in [4.78, 5) is 14.3. The van der Waals surface area contributed by atoms with Crippen LogP contribution in [0.3, 0.4) is 0 Å². The first kappa shape index (κ1) is 15.9. The quantitative estimate of drug-likeness (QED) is 0.819. The molecule has 1 aliphatic rings. The second-order valence-electron chi connectivity index (χ2n) is 4.97. The van der Waals surface area contributed by atoms with Gasteiger partial charge in [-0.1, -0.05) is 19.1 Å². The Morgan fingerprint density at radius 1 is 1.29 bits per heavy atom. The van der Waals surface area contributed by atoms with E-state index in [9.17, 15) is 13.2 Å². The van der Waals surface area contributed by atoms with Crippen LogP contribution in [0, 0.1) is 0 Å². The van der Waals surface area contributed by atoms with Gasteiger partial charge < -0.3 is 10.6 Å². The Hall–Kier alpha value is -1.44. The Balaban J connectivity index is 2.07. The molecule has 7 heteroatoms. The number of hydrogen-bond acceptors (Lipinski definition) is 5. The van der Waals surface area contributed by atoms with Gasteiger partial charge in [0.05, 0.1) is 22.9 Å². The smallest absolute Gasteiger partial charge is 0.238 e. The highest BCUT2D eigenvalue weighted by Gasteiger charge is 2.19. The van der Waals surface area contributed by atoms with Crippen LogP contribution in [-0.4, -0.2) is 57.7 Å². The zero-order chi connectivity index (χ0) is 15.3. The highest BCUT2D eigenvalue weighted by Crippen LogP contribution is 2.21. The maximum absolute atomic E-state index is 12.1. The molecule has 116 valence electrons. The molecule has 2 rings (SSSR count). The lowest BCUT2D eigenvalue weighted by Crippen LogP contribution is -2.46. The fourth-order valence-electron chi connectivity index (χ4n) is 2.26. The SMILES string of the molecule is CCS(=O)(=O)c1ccccc1NC(=O)CN1CCNCC1. The number of para-hydroxylation sites is 1. The van der Waals surface area contributed by atoms with Crippen molar-refractivity contribution in [2.24, 2.45) is 0 Å². The summed E-state index contributed by atoms with van der Waals surface area (Å²) in [5.41, 5.74) is 0.361. The Morgan fingerprint density at radius 2 is 1.95 bits per heavy atom. The summed E-state index contributed by atoms with van der Waals surface area (Å²) in [7, 11) is -3.35. The van der Waals surface area contributed by atoms with Crippen molar-refractivity contribution in [3.8, 4) is 0 Å². The molecule has 0 spiro atoms. The van der Waals surface area contributed by atoms with Gasteiger partial charge in [-0.15, -0.1) is 0 Å². The van der Waals surface area contributed by atoms with Gasteiger partial charge in [0.2, 0.25) is 5.91 Å². The minimum absolute atomic E-state index is 0.0116. The highest BCUT2D eigenvalue weighted by atomic mass is 32.2. The molecule has 1 amide bonds. The van der Waals surface area contributed by atoms with E-state index in [2.05, 4.69) is 10.6 Å². The number of nitrogens with one attached hydrogen (secondary N) is 2. The van der Waals surface area contributed by atoms with Crippen molar-refractivity contribution in [3.05, 3.63) is 24.3 Å². The molecular formula is C14H21N3O3S. The molecule has 1 fully saturated rings. The van der Waals surface area contributed by atoms with E-state index in [0.29, 0.717) is 5.69 Å². The molecule has 0 aliphatic carbocycles. The van der Waals surface area contributed by atoms with Gasteiger partial charge in [-0.2, -0.15) is 0 Å². The van der Waals surface area contributed by atoms with Crippen LogP contribution in [0.1, 0.15) is 6.92 Å². The number of nitrogens with zero attached hydrogens (tertiary/aromatic N) is 1. The van der Waals surface area contributed by atoms with E-state index in [4.69, 9.17) is 0 Å². The lowest BCUT2D eigenvalue weighted by Gasteiger charge is -2.26. The molecule has 1 saturated heterocycles. The first-order valence-electron chi connectivity index (χ1n) is 7.07. The third kappa shape index (κ3) is 4.26. The number of sulfone groups is 1. The van der Waals surface area contributed by atoms with Crippen LogP contribution in [0.2, 0.25) is 0 Å². The van der Waals surface area contributed by atoms with Crippen LogP contribution in [0.15, 0.2) is 29.2 Å². The number of anilines is 1. The average Bonchev–Trinajstić information content (AvgIpc) is 2.48. The first-order valence-corrected chi connectivity index (χ1v) is 8.73. The molecule has 1 aromatic rings. The summed E-state index contributed by atoms with van der Waals surface area (Å²) in [6.07, 6.45) is 0. The summed E-state index contributed by atoms with van der Waals surface area (Å²) >= 11 is 0. The van der Waals surface area contributed by atoms with Crippen LogP contribution >= 0.6 is 0 Å². The van der Waals surface area contributed by atoms with Gasteiger partial charge in [-0.25, -0.2) is 8.42 Å². The predicted molar refractivity (Wildman–Crippen MR) is 82.1 cm³/mol. The molecule has 21 heavy (non-hydrogen) atoms. The number of piperazine rings is 1. The van der Waals surface area contributed by atoms with Crippen molar-refractivity contribution in [3.63, 3.8) is 0 Å². The minimum Gasteiger partial charge on any atom is -0.324 e. The third-order valence-corrected chi connectivity index (χ3v) is 5.24. The summed E-state index contributed by atoms with van der Waals surface area (Å²) < 4.78 is 24.0. The molecule has 0 unspecified atom stereocenters. The van der Waals surface area contributed by atoms with Crippen LogP contribution in [0.5, 0.6) is 0 Å². The summed E-state index contributed by atoms with van der Waals surface area (Å²) in [5.74, 6) is -0.173. The predicted octanol–water partition coefficient (Wildman–Crippen LogP) is 0.324. The van der Waals surface area contributed by atoms with E-state index in [1.54, 1.807) is 25.1 Å². The zero-order valence-corrected chi connectivity index (χ0v) is 12.9. The van der Waals surface area contributed by atoms with E-state index in [-0.39, 0.29) is 23.1 Å². The molecule has 1 aliphatic heterocycles. The highest BCUT2D eigenvalue weighted by molar-refractivity contribution is 7.91. The van der Waals surface area contributed by atoms with Gasteiger partial charge in [0, 0.05) is 26.2 Å². The lowest BCUT2D eigenvalue weighted by molar-refractivity contribution is -0.117. The number of benzene rings is 1. The fourth-order valence-corrected chi connectivity index (χ4v) is 3.31. The van der Waals surface area contributed by atoms with Crippen LogP contribution < -0.4 is 10.6 Å². The summed E-state index contributed by atoms with van der Waals surface area (Å²) in [5, 5.41) is 5.94. The van der Waals surface area contributed by atoms with E-state index in [0.717, 1.165) is 26.2 Å². The molecular weight excluding hydrogens is 290 g/mol. The topological polar surface area (TPSA) is 78.5 Å². The average molecular weight is 311 g/mol. The Bertz CT molecular complexity index is 595. The molecule has 0 bridgehead atoms. The van der Waals surface area contributed by atoms with Crippen LogP contribution in [-0.2, 0) is 14.6 Å². The van der Waals surface area contributed by atoms with Crippen molar-refractivity contribution in [1.82, 2.24) is 10.2 Å². The van der Waals surface area contributed by atoms with Crippen molar-refractivity contribution in [2.75, 3.05) is 43.8 Å². The molecule has 0 aromatic heterocycles. The summed E-state index contributed by atoms with van der Waals surface area (Å²) in [6.45, 7) is 5.25. The van der Waals surface area contributed by atoms with Crippen LogP contribution in [0.4, 0.5) is 5.69 Å². The van der Waals surface area contributed by atoms with Crippen molar-refractivity contribution in [2.45, 2.75) is 11.8 Å². The van der Waals surface area contributed by atoms with Gasteiger partial charge in [0.25, 0.3) is 0 Å². The van der Waals surface area contributed by atoms with E-state index in [1.807, 2.05) is 4.90 Å². The second kappa shape index (κ2) is 7.02. The molecule has 1 heterocycles. The van der Waals surface area contributed by atoms with Gasteiger partial charge in [0.15, 0.2) is 9.84 Å². The number of hydrogen-bond donors (Lipinski definition) is 2.